The highest BCUT2D eigenvalue weighted by molar-refractivity contribution is 6.10. The molecule has 1 amide bonds. The quantitative estimate of drug-likeness (QED) is 0.370. The van der Waals surface area contributed by atoms with Crippen LogP contribution < -0.4 is 5.32 Å². The van der Waals surface area contributed by atoms with Crippen LogP contribution in [0.5, 0.6) is 0 Å². The molecule has 0 fully saturated rings. The molecule has 3 heterocycles. The molecule has 0 saturated carbocycles. The second-order valence-electron chi connectivity index (χ2n) is 7.80. The van der Waals surface area contributed by atoms with Gasteiger partial charge in [-0.1, -0.05) is 36.4 Å². The van der Waals surface area contributed by atoms with Crippen LogP contribution in [0.15, 0.2) is 60.8 Å². The number of H-pyrrole nitrogens is 2. The molecule has 32 heavy (non-hydrogen) atoms. The van der Waals surface area contributed by atoms with Crippen molar-refractivity contribution in [2.75, 3.05) is 7.11 Å². The van der Waals surface area contributed by atoms with Crippen molar-refractivity contribution < 1.29 is 14.3 Å². The van der Waals surface area contributed by atoms with E-state index in [1.807, 2.05) is 61.7 Å². The van der Waals surface area contributed by atoms with Crippen molar-refractivity contribution >= 4 is 44.6 Å². The van der Waals surface area contributed by atoms with Gasteiger partial charge in [-0.2, -0.15) is 0 Å². The van der Waals surface area contributed by atoms with Crippen LogP contribution in [0, 0.1) is 6.92 Å². The van der Waals surface area contributed by atoms with Crippen molar-refractivity contribution in [2.24, 2.45) is 0 Å². The summed E-state index contributed by atoms with van der Waals surface area (Å²) in [5.74, 6) is -0.927. The summed E-state index contributed by atoms with van der Waals surface area (Å²) in [6.07, 6.45) is 2.16. The Kier molecular flexibility index (Phi) is 4.86. The van der Waals surface area contributed by atoms with Gasteiger partial charge in [-0.25, -0.2) is 9.78 Å². The molecular formula is C25H22N4O3. The predicted molar refractivity (Wildman–Crippen MR) is 124 cm³/mol. The van der Waals surface area contributed by atoms with Gasteiger partial charge in [0.25, 0.3) is 5.91 Å². The Morgan fingerprint density at radius 1 is 1.03 bits per heavy atom. The third kappa shape index (κ3) is 3.37. The van der Waals surface area contributed by atoms with Crippen molar-refractivity contribution in [3.63, 3.8) is 0 Å². The maximum Gasteiger partial charge on any atom is 0.328 e. The molecule has 0 aliphatic heterocycles. The SMILES string of the molecule is COC(=O)[C@H](Cc1c[nH]c2ccccc12)NC(=O)c1cc2c([nH]c3ccccc32)c(C)n1. The van der Waals surface area contributed by atoms with E-state index in [0.717, 1.165) is 44.0 Å². The summed E-state index contributed by atoms with van der Waals surface area (Å²) in [6, 6.07) is 16.7. The average molecular weight is 426 g/mol. The second kappa shape index (κ2) is 7.85. The number of aromatic amines is 2. The molecule has 7 heteroatoms. The lowest BCUT2D eigenvalue weighted by atomic mass is 10.0. The van der Waals surface area contributed by atoms with Crippen LogP contribution in [-0.2, 0) is 16.0 Å². The lowest BCUT2D eigenvalue weighted by molar-refractivity contribution is -0.142. The zero-order valence-corrected chi connectivity index (χ0v) is 17.7. The third-order valence-corrected chi connectivity index (χ3v) is 5.80. The van der Waals surface area contributed by atoms with E-state index in [1.165, 1.54) is 7.11 Å². The predicted octanol–water partition coefficient (Wildman–Crippen LogP) is 4.02. The monoisotopic (exact) mass is 426 g/mol. The van der Waals surface area contributed by atoms with Gasteiger partial charge in [0.15, 0.2) is 0 Å². The Balaban J connectivity index is 1.47. The molecule has 5 aromatic rings. The van der Waals surface area contributed by atoms with Crippen LogP contribution in [0.3, 0.4) is 0 Å². The minimum Gasteiger partial charge on any atom is -0.467 e. The van der Waals surface area contributed by atoms with Gasteiger partial charge in [0.2, 0.25) is 0 Å². The van der Waals surface area contributed by atoms with Gasteiger partial charge in [-0.05, 0) is 30.7 Å². The smallest absolute Gasteiger partial charge is 0.328 e. The summed E-state index contributed by atoms with van der Waals surface area (Å²) < 4.78 is 4.96. The highest BCUT2D eigenvalue weighted by Crippen LogP contribution is 2.27. The molecule has 3 aromatic heterocycles. The van der Waals surface area contributed by atoms with Gasteiger partial charge >= 0.3 is 5.97 Å². The number of ether oxygens (including phenoxy) is 1. The van der Waals surface area contributed by atoms with Gasteiger partial charge in [-0.15, -0.1) is 0 Å². The summed E-state index contributed by atoms with van der Waals surface area (Å²) in [7, 11) is 1.32. The topological polar surface area (TPSA) is 99.9 Å². The number of hydrogen-bond acceptors (Lipinski definition) is 4. The number of amides is 1. The zero-order chi connectivity index (χ0) is 22.2. The van der Waals surface area contributed by atoms with Gasteiger partial charge in [0, 0.05) is 39.8 Å². The van der Waals surface area contributed by atoms with E-state index in [0.29, 0.717) is 6.42 Å². The normalized spacial score (nSPS) is 12.3. The lowest BCUT2D eigenvalue weighted by Crippen LogP contribution is -2.43. The van der Waals surface area contributed by atoms with Crippen LogP contribution in [0.2, 0.25) is 0 Å². The summed E-state index contributed by atoms with van der Waals surface area (Å²) in [6.45, 7) is 1.86. The minimum absolute atomic E-state index is 0.257. The second-order valence-corrected chi connectivity index (χ2v) is 7.80. The molecule has 0 bridgehead atoms. The first-order valence-electron chi connectivity index (χ1n) is 10.4. The number of aryl methyl sites for hydroxylation is 1. The van der Waals surface area contributed by atoms with E-state index in [4.69, 9.17) is 4.74 Å². The molecule has 0 saturated heterocycles. The van der Waals surface area contributed by atoms with E-state index < -0.39 is 17.9 Å². The van der Waals surface area contributed by atoms with Crippen LogP contribution in [0.25, 0.3) is 32.7 Å². The number of fused-ring (bicyclic) bond motifs is 4. The standard InChI is InChI=1S/C25H22N4O3/c1-14-23-18(17-8-4-6-10-20(17)28-23)12-21(27-14)24(30)29-22(25(31)32-2)11-15-13-26-19-9-5-3-7-16(15)19/h3-10,12-13,22,26,28H,11H2,1-2H3,(H,29,30)/t22-/m0/s1. The van der Waals surface area contributed by atoms with Crippen molar-refractivity contribution in [3.8, 4) is 0 Å². The fraction of sp³-hybridized carbons (Fsp3) is 0.160. The summed E-state index contributed by atoms with van der Waals surface area (Å²) >= 11 is 0. The number of hydrogen-bond donors (Lipinski definition) is 3. The molecule has 2 aromatic carbocycles. The van der Waals surface area contributed by atoms with Crippen molar-refractivity contribution in [2.45, 2.75) is 19.4 Å². The summed E-state index contributed by atoms with van der Waals surface area (Å²) in [5, 5.41) is 5.76. The number of carbonyl (C=O) groups excluding carboxylic acids is 2. The molecule has 7 nitrogen and oxygen atoms in total. The average Bonchev–Trinajstić information content (AvgIpc) is 3.40. The first-order valence-corrected chi connectivity index (χ1v) is 10.4. The van der Waals surface area contributed by atoms with E-state index in [-0.39, 0.29) is 5.69 Å². The lowest BCUT2D eigenvalue weighted by Gasteiger charge is -2.16. The van der Waals surface area contributed by atoms with Crippen LogP contribution in [0.4, 0.5) is 0 Å². The first-order chi connectivity index (χ1) is 15.5. The molecule has 1 atom stereocenters. The number of aromatic nitrogens is 3. The van der Waals surface area contributed by atoms with E-state index in [2.05, 4.69) is 20.3 Å². The van der Waals surface area contributed by atoms with Gasteiger partial charge in [0.05, 0.1) is 18.3 Å². The maximum atomic E-state index is 13.1. The number of nitrogens with one attached hydrogen (secondary N) is 3. The Morgan fingerprint density at radius 3 is 2.53 bits per heavy atom. The number of benzene rings is 2. The highest BCUT2D eigenvalue weighted by atomic mass is 16.5. The van der Waals surface area contributed by atoms with Gasteiger partial charge in [0.1, 0.15) is 11.7 Å². The number of methoxy groups -OCH3 is 1. The molecular weight excluding hydrogens is 404 g/mol. The van der Waals surface area contributed by atoms with Crippen molar-refractivity contribution in [1.82, 2.24) is 20.3 Å². The van der Waals surface area contributed by atoms with E-state index >= 15 is 0 Å². The fourth-order valence-electron chi connectivity index (χ4n) is 4.21. The Morgan fingerprint density at radius 2 is 1.75 bits per heavy atom. The summed E-state index contributed by atoms with van der Waals surface area (Å²) in [4.78, 5) is 36.6. The van der Waals surface area contributed by atoms with Gasteiger partial charge < -0.3 is 20.0 Å². The largest absolute Gasteiger partial charge is 0.467 e. The van der Waals surface area contributed by atoms with E-state index in [1.54, 1.807) is 6.07 Å². The molecule has 0 aliphatic rings. The fourth-order valence-corrected chi connectivity index (χ4v) is 4.21. The number of esters is 1. The Bertz CT molecular complexity index is 1480. The van der Waals surface area contributed by atoms with E-state index in [9.17, 15) is 9.59 Å². The number of rotatable bonds is 5. The Hall–Kier alpha value is -4.13. The third-order valence-electron chi connectivity index (χ3n) is 5.80. The van der Waals surface area contributed by atoms with Crippen molar-refractivity contribution in [3.05, 3.63) is 77.7 Å². The molecule has 5 rings (SSSR count). The Labute approximate surface area is 183 Å². The zero-order valence-electron chi connectivity index (χ0n) is 17.7. The molecule has 0 spiro atoms. The first kappa shape index (κ1) is 19.8. The maximum absolute atomic E-state index is 13.1. The molecule has 3 N–H and O–H groups in total. The molecule has 0 unspecified atom stereocenters. The number of carbonyl (C=O) groups is 2. The van der Waals surface area contributed by atoms with Crippen LogP contribution in [-0.4, -0.2) is 40.0 Å². The highest BCUT2D eigenvalue weighted by Gasteiger charge is 2.25. The van der Waals surface area contributed by atoms with Crippen LogP contribution in [0.1, 0.15) is 21.7 Å². The van der Waals surface area contributed by atoms with Gasteiger partial charge in [-0.3, -0.25) is 4.79 Å². The molecule has 160 valence electrons. The van der Waals surface area contributed by atoms with Crippen molar-refractivity contribution in [1.29, 1.82) is 0 Å². The molecule has 0 radical (unpaired) electrons. The minimum atomic E-state index is -0.840. The summed E-state index contributed by atoms with van der Waals surface area (Å²) in [5.41, 5.74) is 4.75. The van der Waals surface area contributed by atoms with Crippen LogP contribution >= 0.6 is 0 Å². The number of para-hydroxylation sites is 2. The number of pyridine rings is 1. The number of nitrogens with zero attached hydrogens (tertiary/aromatic N) is 1. The molecule has 0 aliphatic carbocycles.